The molecule has 1 aromatic heterocycles. The highest BCUT2D eigenvalue weighted by Gasteiger charge is 2.50. The summed E-state index contributed by atoms with van der Waals surface area (Å²) in [4.78, 5) is 27.9. The first-order valence-corrected chi connectivity index (χ1v) is 10.3. The summed E-state index contributed by atoms with van der Waals surface area (Å²) < 4.78 is 7.57. The number of piperidine rings is 1. The second kappa shape index (κ2) is 7.67. The Balaban J connectivity index is 1.71. The molecule has 2 N–H and O–H groups in total. The zero-order valence-corrected chi connectivity index (χ0v) is 17.2. The Morgan fingerprint density at radius 2 is 1.83 bits per heavy atom. The van der Waals surface area contributed by atoms with Crippen molar-refractivity contribution in [3.05, 3.63) is 47.7 Å². The van der Waals surface area contributed by atoms with Crippen molar-refractivity contribution in [2.45, 2.75) is 38.6 Å². The first kappa shape index (κ1) is 19.7. The molecule has 2 fully saturated rings. The van der Waals surface area contributed by atoms with Gasteiger partial charge in [0.05, 0.1) is 5.56 Å². The molecule has 3 heterocycles. The molecule has 29 heavy (non-hydrogen) atoms. The molecule has 2 saturated heterocycles. The Labute approximate surface area is 171 Å². The molecule has 0 aliphatic carbocycles. The highest BCUT2D eigenvalue weighted by atomic mass is 16.5. The van der Waals surface area contributed by atoms with Crippen LogP contribution in [0.4, 0.5) is 0 Å². The molecule has 0 radical (unpaired) electrons. The zero-order valence-electron chi connectivity index (χ0n) is 17.2. The van der Waals surface area contributed by atoms with Crippen LogP contribution in [0.15, 0.2) is 36.4 Å². The number of rotatable bonds is 3. The summed E-state index contributed by atoms with van der Waals surface area (Å²) in [6.45, 7) is 3.75. The zero-order chi connectivity index (χ0) is 20.6. The van der Waals surface area contributed by atoms with E-state index in [1.54, 1.807) is 4.90 Å². The van der Waals surface area contributed by atoms with Crippen LogP contribution in [0.2, 0.25) is 0 Å². The number of benzene rings is 1. The summed E-state index contributed by atoms with van der Waals surface area (Å²) >= 11 is 0. The maximum atomic E-state index is 13.6. The van der Waals surface area contributed by atoms with Gasteiger partial charge in [0.15, 0.2) is 0 Å². The number of hydrogen-bond donors (Lipinski definition) is 1. The van der Waals surface area contributed by atoms with Gasteiger partial charge in [-0.05, 0) is 44.2 Å². The molecule has 6 heteroatoms. The summed E-state index contributed by atoms with van der Waals surface area (Å²) in [6, 6.07) is 11.4. The summed E-state index contributed by atoms with van der Waals surface area (Å²) in [7, 11) is 1.97. The van der Waals surface area contributed by atoms with Crippen LogP contribution in [-0.4, -0.2) is 47.1 Å². The lowest BCUT2D eigenvalue weighted by molar-refractivity contribution is -0.134. The molecule has 2 aliphatic rings. The number of hydrogen-bond acceptors (Lipinski definition) is 3. The van der Waals surface area contributed by atoms with Gasteiger partial charge in [0, 0.05) is 43.6 Å². The molecular weight excluding hydrogens is 366 g/mol. The van der Waals surface area contributed by atoms with Gasteiger partial charge in [0.1, 0.15) is 6.04 Å². The second-order valence-electron chi connectivity index (χ2n) is 8.34. The smallest absolute Gasteiger partial charge is 0.256 e. The average Bonchev–Trinajstić information content (AvgIpc) is 3.03. The minimum atomic E-state index is -0.576. The Morgan fingerprint density at radius 1 is 1.14 bits per heavy atom. The van der Waals surface area contributed by atoms with E-state index in [9.17, 15) is 9.59 Å². The minimum absolute atomic E-state index is 0.102. The molecule has 2 amide bonds. The lowest BCUT2D eigenvalue weighted by Gasteiger charge is -2.50. The van der Waals surface area contributed by atoms with Crippen LogP contribution >= 0.6 is 0 Å². The van der Waals surface area contributed by atoms with Crippen LogP contribution < -0.4 is 5.73 Å². The van der Waals surface area contributed by atoms with E-state index in [0.29, 0.717) is 25.3 Å². The van der Waals surface area contributed by atoms with Gasteiger partial charge in [-0.2, -0.15) is 0 Å². The summed E-state index contributed by atoms with van der Waals surface area (Å²) in [5.74, 6) is -0.508. The summed E-state index contributed by atoms with van der Waals surface area (Å²) in [6.07, 6.45) is 3.34. The Bertz CT molecular complexity index is 907. The van der Waals surface area contributed by atoms with Gasteiger partial charge < -0.3 is 19.9 Å². The highest BCUT2D eigenvalue weighted by molar-refractivity contribution is 6.00. The van der Waals surface area contributed by atoms with E-state index in [-0.39, 0.29) is 11.3 Å². The number of amides is 2. The Kier molecular flexibility index (Phi) is 5.21. The van der Waals surface area contributed by atoms with E-state index in [1.165, 1.54) is 0 Å². The standard InChI is InChI=1S/C23H29N3O3/c1-16-18(15-19(25(16)2)17-7-4-3-5-8-17)22(28)26-12-6-9-23(20(26)21(24)27)10-13-29-14-11-23/h3-5,7-8,15,20H,6,9-14H2,1-2H3,(H2,24,27). The number of nitrogens with two attached hydrogens (primary N) is 1. The van der Waals surface area contributed by atoms with Crippen LogP contribution in [-0.2, 0) is 16.6 Å². The number of ether oxygens (including phenoxy) is 1. The van der Waals surface area contributed by atoms with Crippen LogP contribution in [0.3, 0.4) is 0 Å². The predicted octanol–water partition coefficient (Wildman–Crippen LogP) is 2.89. The number of carbonyl (C=O) groups is 2. The lowest BCUT2D eigenvalue weighted by Crippen LogP contribution is -2.61. The van der Waals surface area contributed by atoms with Crippen LogP contribution in [0.25, 0.3) is 11.3 Å². The van der Waals surface area contributed by atoms with Gasteiger partial charge in [-0.25, -0.2) is 0 Å². The first-order chi connectivity index (χ1) is 13.9. The van der Waals surface area contributed by atoms with Crippen molar-refractivity contribution in [2.75, 3.05) is 19.8 Å². The normalized spacial score (nSPS) is 21.3. The third kappa shape index (κ3) is 3.35. The number of primary amides is 1. The fraction of sp³-hybridized carbons (Fsp3) is 0.478. The van der Waals surface area contributed by atoms with Gasteiger partial charge >= 0.3 is 0 Å². The fourth-order valence-corrected chi connectivity index (χ4v) is 5.13. The minimum Gasteiger partial charge on any atom is -0.381 e. The van der Waals surface area contributed by atoms with Crippen molar-refractivity contribution in [2.24, 2.45) is 18.2 Å². The van der Waals surface area contributed by atoms with Crippen molar-refractivity contribution in [1.82, 2.24) is 9.47 Å². The Morgan fingerprint density at radius 3 is 2.48 bits per heavy atom. The molecule has 1 atom stereocenters. The summed E-state index contributed by atoms with van der Waals surface area (Å²) in [5, 5.41) is 0. The molecule has 0 saturated carbocycles. The van der Waals surface area contributed by atoms with E-state index in [1.807, 2.05) is 54.9 Å². The lowest BCUT2D eigenvalue weighted by atomic mass is 9.67. The van der Waals surface area contributed by atoms with Crippen molar-refractivity contribution in [3.8, 4) is 11.3 Å². The van der Waals surface area contributed by atoms with E-state index < -0.39 is 11.9 Å². The van der Waals surface area contributed by atoms with Crippen LogP contribution in [0.1, 0.15) is 41.7 Å². The van der Waals surface area contributed by atoms with Gasteiger partial charge in [-0.15, -0.1) is 0 Å². The van der Waals surface area contributed by atoms with E-state index in [0.717, 1.165) is 42.6 Å². The maximum Gasteiger partial charge on any atom is 0.256 e. The maximum absolute atomic E-state index is 13.6. The van der Waals surface area contributed by atoms with E-state index in [2.05, 4.69) is 0 Å². The molecule has 4 rings (SSSR count). The average molecular weight is 396 g/mol. The Hall–Kier alpha value is -2.60. The van der Waals surface area contributed by atoms with E-state index >= 15 is 0 Å². The fourth-order valence-electron chi connectivity index (χ4n) is 5.13. The SMILES string of the molecule is Cc1c(C(=O)N2CCCC3(CCOCC3)C2C(N)=O)cc(-c2ccccc2)n1C. The van der Waals surface area contributed by atoms with Gasteiger partial charge in [0.2, 0.25) is 5.91 Å². The van der Waals surface area contributed by atoms with Gasteiger partial charge in [-0.1, -0.05) is 30.3 Å². The van der Waals surface area contributed by atoms with Crippen molar-refractivity contribution in [1.29, 1.82) is 0 Å². The van der Waals surface area contributed by atoms with Crippen molar-refractivity contribution < 1.29 is 14.3 Å². The first-order valence-electron chi connectivity index (χ1n) is 10.3. The van der Waals surface area contributed by atoms with Gasteiger partial charge in [0.25, 0.3) is 5.91 Å². The number of aromatic nitrogens is 1. The molecule has 1 aromatic carbocycles. The summed E-state index contributed by atoms with van der Waals surface area (Å²) in [5.41, 5.74) is 9.18. The molecule has 6 nitrogen and oxygen atoms in total. The monoisotopic (exact) mass is 395 g/mol. The number of likely N-dealkylation sites (tertiary alicyclic amines) is 1. The molecule has 1 spiro atoms. The number of carbonyl (C=O) groups excluding carboxylic acids is 2. The third-order valence-electron chi connectivity index (χ3n) is 6.82. The largest absolute Gasteiger partial charge is 0.381 e. The topological polar surface area (TPSA) is 77.6 Å². The van der Waals surface area contributed by atoms with Crippen molar-refractivity contribution >= 4 is 11.8 Å². The van der Waals surface area contributed by atoms with Gasteiger partial charge in [-0.3, -0.25) is 9.59 Å². The quantitative estimate of drug-likeness (QED) is 0.868. The van der Waals surface area contributed by atoms with Crippen LogP contribution in [0, 0.1) is 12.3 Å². The van der Waals surface area contributed by atoms with Crippen molar-refractivity contribution in [3.63, 3.8) is 0 Å². The molecule has 0 bridgehead atoms. The molecule has 2 aliphatic heterocycles. The second-order valence-corrected chi connectivity index (χ2v) is 8.34. The molecular formula is C23H29N3O3. The van der Waals surface area contributed by atoms with E-state index in [4.69, 9.17) is 10.5 Å². The third-order valence-corrected chi connectivity index (χ3v) is 6.82. The number of nitrogens with zero attached hydrogens (tertiary/aromatic N) is 2. The van der Waals surface area contributed by atoms with Crippen LogP contribution in [0.5, 0.6) is 0 Å². The molecule has 154 valence electrons. The highest BCUT2D eigenvalue weighted by Crippen LogP contribution is 2.44. The molecule has 1 unspecified atom stereocenters. The predicted molar refractivity (Wildman–Crippen MR) is 111 cm³/mol. The molecule has 2 aromatic rings.